The number of hydrogen-bond donors (Lipinski definition) is 0. The van der Waals surface area contributed by atoms with E-state index in [9.17, 15) is 0 Å². The first-order chi connectivity index (χ1) is 5.77. The van der Waals surface area contributed by atoms with Crippen LogP contribution in [0.4, 0.5) is 0 Å². The van der Waals surface area contributed by atoms with Crippen molar-refractivity contribution in [2.24, 2.45) is 0 Å². The standard InChI is InChI=1S/C11H12S/c1-8-7-10-5-3-4-6-11(10)12-9(8)2/h3-6H,7H2,1-2H3. The molecule has 0 aliphatic carbocycles. The van der Waals surface area contributed by atoms with E-state index in [1.807, 2.05) is 11.8 Å². The van der Waals surface area contributed by atoms with Gasteiger partial charge in [-0.05, 0) is 36.8 Å². The summed E-state index contributed by atoms with van der Waals surface area (Å²) < 4.78 is 0. The van der Waals surface area contributed by atoms with Gasteiger partial charge < -0.3 is 0 Å². The lowest BCUT2D eigenvalue weighted by Gasteiger charge is -2.17. The third kappa shape index (κ3) is 1.29. The fourth-order valence-corrected chi connectivity index (χ4v) is 2.41. The molecule has 1 heteroatoms. The summed E-state index contributed by atoms with van der Waals surface area (Å²) >= 11 is 1.90. The van der Waals surface area contributed by atoms with Gasteiger partial charge >= 0.3 is 0 Å². The Kier molecular flexibility index (Phi) is 1.97. The van der Waals surface area contributed by atoms with Gasteiger partial charge in [-0.2, -0.15) is 0 Å². The van der Waals surface area contributed by atoms with Gasteiger partial charge in [-0.15, -0.1) is 0 Å². The van der Waals surface area contributed by atoms with Crippen LogP contribution in [0.1, 0.15) is 19.4 Å². The molecule has 0 radical (unpaired) electrons. The van der Waals surface area contributed by atoms with E-state index in [4.69, 9.17) is 0 Å². The fourth-order valence-electron chi connectivity index (χ4n) is 1.41. The highest BCUT2D eigenvalue weighted by Gasteiger charge is 2.11. The molecule has 0 N–H and O–H groups in total. The minimum Gasteiger partial charge on any atom is -0.0946 e. The third-order valence-electron chi connectivity index (χ3n) is 2.29. The van der Waals surface area contributed by atoms with Crippen molar-refractivity contribution in [1.29, 1.82) is 0 Å². The average molecular weight is 176 g/mol. The molecule has 0 saturated carbocycles. The van der Waals surface area contributed by atoms with Crippen molar-refractivity contribution in [2.75, 3.05) is 0 Å². The summed E-state index contributed by atoms with van der Waals surface area (Å²) in [5.74, 6) is 0. The van der Waals surface area contributed by atoms with Crippen LogP contribution in [-0.4, -0.2) is 0 Å². The molecule has 0 saturated heterocycles. The Morgan fingerprint density at radius 1 is 1.17 bits per heavy atom. The first-order valence-electron chi connectivity index (χ1n) is 4.19. The first kappa shape index (κ1) is 7.93. The number of benzene rings is 1. The molecule has 0 atom stereocenters. The predicted molar refractivity (Wildman–Crippen MR) is 54.4 cm³/mol. The molecule has 0 fully saturated rings. The number of thioether (sulfide) groups is 1. The van der Waals surface area contributed by atoms with E-state index in [2.05, 4.69) is 38.1 Å². The van der Waals surface area contributed by atoms with Crippen molar-refractivity contribution in [3.05, 3.63) is 40.3 Å². The minimum absolute atomic E-state index is 1.13. The van der Waals surface area contributed by atoms with Crippen molar-refractivity contribution < 1.29 is 0 Å². The highest BCUT2D eigenvalue weighted by molar-refractivity contribution is 8.03. The second-order valence-electron chi connectivity index (χ2n) is 3.22. The lowest BCUT2D eigenvalue weighted by molar-refractivity contribution is 1.06. The zero-order valence-corrected chi connectivity index (χ0v) is 8.24. The SMILES string of the molecule is CC1=C(C)Sc2ccccc2C1. The van der Waals surface area contributed by atoms with Crippen LogP contribution in [0.25, 0.3) is 0 Å². The molecule has 0 unspecified atom stereocenters. The van der Waals surface area contributed by atoms with E-state index in [0.717, 1.165) is 6.42 Å². The van der Waals surface area contributed by atoms with E-state index in [1.54, 1.807) is 0 Å². The van der Waals surface area contributed by atoms with E-state index < -0.39 is 0 Å². The first-order valence-corrected chi connectivity index (χ1v) is 5.01. The Labute approximate surface area is 77.7 Å². The smallest absolute Gasteiger partial charge is 0.0154 e. The van der Waals surface area contributed by atoms with Gasteiger partial charge in [0.2, 0.25) is 0 Å². The summed E-state index contributed by atoms with van der Waals surface area (Å²) in [5.41, 5.74) is 2.99. The number of hydrogen-bond acceptors (Lipinski definition) is 1. The predicted octanol–water partition coefficient (Wildman–Crippen LogP) is 3.63. The van der Waals surface area contributed by atoms with Crippen molar-refractivity contribution in [1.82, 2.24) is 0 Å². The maximum absolute atomic E-state index is 2.22. The Morgan fingerprint density at radius 2 is 1.92 bits per heavy atom. The Hall–Kier alpha value is -0.690. The van der Waals surface area contributed by atoms with E-state index in [1.165, 1.54) is 20.9 Å². The lowest BCUT2D eigenvalue weighted by atomic mass is 10.1. The van der Waals surface area contributed by atoms with Crippen LogP contribution in [-0.2, 0) is 6.42 Å². The quantitative estimate of drug-likeness (QED) is 0.581. The van der Waals surface area contributed by atoms with Crippen LogP contribution in [0.3, 0.4) is 0 Å². The third-order valence-corrected chi connectivity index (χ3v) is 3.57. The average Bonchev–Trinajstić information content (AvgIpc) is 2.07. The fraction of sp³-hybridized carbons (Fsp3) is 0.273. The van der Waals surface area contributed by atoms with E-state index in [-0.39, 0.29) is 0 Å². The van der Waals surface area contributed by atoms with Gasteiger partial charge in [0.1, 0.15) is 0 Å². The molecular formula is C11H12S. The molecule has 0 spiro atoms. The van der Waals surface area contributed by atoms with Crippen LogP contribution >= 0.6 is 11.8 Å². The zero-order chi connectivity index (χ0) is 8.55. The molecule has 62 valence electrons. The summed E-state index contributed by atoms with van der Waals surface area (Å²) in [5, 5.41) is 0. The molecule has 2 rings (SSSR count). The lowest BCUT2D eigenvalue weighted by Crippen LogP contribution is -1.97. The second-order valence-corrected chi connectivity index (χ2v) is 4.48. The monoisotopic (exact) mass is 176 g/mol. The zero-order valence-electron chi connectivity index (χ0n) is 7.42. The molecule has 0 aromatic heterocycles. The minimum atomic E-state index is 1.13. The van der Waals surface area contributed by atoms with Crippen LogP contribution < -0.4 is 0 Å². The molecule has 1 aliphatic rings. The maximum atomic E-state index is 2.22. The number of allylic oxidation sites excluding steroid dienone is 2. The molecule has 0 amide bonds. The van der Waals surface area contributed by atoms with E-state index in [0.29, 0.717) is 0 Å². The van der Waals surface area contributed by atoms with Crippen molar-refractivity contribution in [2.45, 2.75) is 25.2 Å². The van der Waals surface area contributed by atoms with Gasteiger partial charge in [-0.3, -0.25) is 0 Å². The van der Waals surface area contributed by atoms with Crippen molar-refractivity contribution in [3.63, 3.8) is 0 Å². The summed E-state index contributed by atoms with van der Waals surface area (Å²) in [7, 11) is 0. The number of fused-ring (bicyclic) bond motifs is 1. The highest BCUT2D eigenvalue weighted by atomic mass is 32.2. The normalized spacial score (nSPS) is 16.2. The Balaban J connectivity index is 2.43. The second kappa shape index (κ2) is 2.98. The van der Waals surface area contributed by atoms with Crippen molar-refractivity contribution in [3.8, 4) is 0 Å². The summed E-state index contributed by atoms with van der Waals surface area (Å²) in [6.45, 7) is 4.42. The molecular weight excluding hydrogens is 164 g/mol. The Bertz CT molecular complexity index is 304. The van der Waals surface area contributed by atoms with Crippen molar-refractivity contribution >= 4 is 11.8 Å². The van der Waals surface area contributed by atoms with Gasteiger partial charge in [0.15, 0.2) is 0 Å². The molecule has 0 bridgehead atoms. The molecule has 1 aromatic rings. The van der Waals surface area contributed by atoms with Crippen LogP contribution in [0.15, 0.2) is 39.6 Å². The summed E-state index contributed by atoms with van der Waals surface area (Å²) in [6, 6.07) is 8.65. The summed E-state index contributed by atoms with van der Waals surface area (Å²) in [6.07, 6.45) is 1.13. The Morgan fingerprint density at radius 3 is 2.75 bits per heavy atom. The molecule has 12 heavy (non-hydrogen) atoms. The van der Waals surface area contributed by atoms with Crippen LogP contribution in [0, 0.1) is 0 Å². The van der Waals surface area contributed by atoms with Gasteiger partial charge in [0.05, 0.1) is 0 Å². The number of rotatable bonds is 0. The van der Waals surface area contributed by atoms with E-state index >= 15 is 0 Å². The molecule has 1 heterocycles. The molecule has 1 aromatic carbocycles. The van der Waals surface area contributed by atoms with Gasteiger partial charge in [-0.25, -0.2) is 0 Å². The van der Waals surface area contributed by atoms with Crippen LogP contribution in [0.5, 0.6) is 0 Å². The largest absolute Gasteiger partial charge is 0.0946 e. The maximum Gasteiger partial charge on any atom is 0.0154 e. The molecule has 0 nitrogen and oxygen atoms in total. The van der Waals surface area contributed by atoms with Gasteiger partial charge in [0, 0.05) is 4.90 Å². The van der Waals surface area contributed by atoms with Gasteiger partial charge in [-0.1, -0.05) is 35.5 Å². The molecule has 1 aliphatic heterocycles. The summed E-state index contributed by atoms with van der Waals surface area (Å²) in [4.78, 5) is 2.90. The van der Waals surface area contributed by atoms with Gasteiger partial charge in [0.25, 0.3) is 0 Å². The topological polar surface area (TPSA) is 0 Å². The highest BCUT2D eigenvalue weighted by Crippen LogP contribution is 2.37. The van der Waals surface area contributed by atoms with Crippen LogP contribution in [0.2, 0.25) is 0 Å².